The number of fused-ring (bicyclic) bond motifs is 1. The van der Waals surface area contributed by atoms with E-state index in [2.05, 4.69) is 0 Å². The average Bonchev–Trinajstić information content (AvgIpc) is 2.29. The van der Waals surface area contributed by atoms with Gasteiger partial charge in [-0.15, -0.1) is 12.4 Å². The van der Waals surface area contributed by atoms with Crippen LogP contribution in [0.3, 0.4) is 0 Å². The minimum Gasteiger partial charge on any atom is -0.387 e. The molecule has 2 atom stereocenters. The number of hydrogen-bond donors (Lipinski definition) is 2. The predicted molar refractivity (Wildman–Crippen MR) is 64.6 cm³/mol. The van der Waals surface area contributed by atoms with Crippen LogP contribution in [0.15, 0.2) is 18.2 Å². The van der Waals surface area contributed by atoms with Crippen LogP contribution >= 0.6 is 24.0 Å². The van der Waals surface area contributed by atoms with E-state index in [1.165, 1.54) is 0 Å². The van der Waals surface area contributed by atoms with Crippen LogP contribution in [0.5, 0.6) is 0 Å². The average molecular weight is 248 g/mol. The molecule has 1 aliphatic rings. The molecule has 0 saturated heterocycles. The molecule has 2 rings (SSSR count). The van der Waals surface area contributed by atoms with Crippen LogP contribution in [0, 0.1) is 0 Å². The minimum absolute atomic E-state index is 0. The highest BCUT2D eigenvalue weighted by atomic mass is 35.5. The van der Waals surface area contributed by atoms with Gasteiger partial charge in [-0.25, -0.2) is 0 Å². The molecular weight excluding hydrogens is 233 g/mol. The number of rotatable bonds is 0. The van der Waals surface area contributed by atoms with E-state index in [-0.39, 0.29) is 18.4 Å². The highest BCUT2D eigenvalue weighted by Gasteiger charge is 2.24. The Balaban J connectivity index is 0.00000112. The smallest absolute Gasteiger partial charge is 0.0957 e. The van der Waals surface area contributed by atoms with Crippen molar-refractivity contribution in [1.82, 2.24) is 0 Å². The first-order valence-electron chi connectivity index (χ1n) is 4.91. The first kappa shape index (κ1) is 12.8. The Bertz CT molecular complexity index is 343. The van der Waals surface area contributed by atoms with E-state index >= 15 is 0 Å². The third kappa shape index (κ3) is 2.45. The molecule has 15 heavy (non-hydrogen) atoms. The number of halogens is 2. The molecule has 0 spiro atoms. The number of benzene rings is 1. The van der Waals surface area contributed by atoms with Gasteiger partial charge in [-0.3, -0.25) is 0 Å². The summed E-state index contributed by atoms with van der Waals surface area (Å²) in [6.45, 7) is 0. The molecule has 2 unspecified atom stereocenters. The molecule has 2 nitrogen and oxygen atoms in total. The summed E-state index contributed by atoms with van der Waals surface area (Å²) in [7, 11) is 0. The number of hydrogen-bond acceptors (Lipinski definition) is 2. The second-order valence-corrected chi connectivity index (χ2v) is 4.22. The van der Waals surface area contributed by atoms with Crippen LogP contribution in [0.4, 0.5) is 0 Å². The van der Waals surface area contributed by atoms with Gasteiger partial charge in [0.2, 0.25) is 0 Å². The summed E-state index contributed by atoms with van der Waals surface area (Å²) in [6, 6.07) is 5.56. The molecule has 0 bridgehead atoms. The van der Waals surface area contributed by atoms with Gasteiger partial charge in [-0.05, 0) is 30.9 Å². The normalized spacial score (nSPS) is 25.0. The molecule has 0 radical (unpaired) electrons. The zero-order valence-corrected chi connectivity index (χ0v) is 9.89. The first-order valence-corrected chi connectivity index (χ1v) is 5.29. The molecule has 0 saturated carbocycles. The molecule has 3 N–H and O–H groups in total. The lowest BCUT2D eigenvalue weighted by Gasteiger charge is -2.18. The van der Waals surface area contributed by atoms with Gasteiger partial charge in [-0.2, -0.15) is 0 Å². The van der Waals surface area contributed by atoms with Gasteiger partial charge in [-0.1, -0.05) is 23.7 Å². The standard InChI is InChI=1S/C11H14ClNO.ClH/c12-8-5-1-3-7-4-2-6-9(13)11(14)10(7)8;/h1,3,5,9,11,14H,2,4,6,13H2;1H. The van der Waals surface area contributed by atoms with Gasteiger partial charge >= 0.3 is 0 Å². The summed E-state index contributed by atoms with van der Waals surface area (Å²) >= 11 is 6.06. The Morgan fingerprint density at radius 3 is 2.87 bits per heavy atom. The van der Waals surface area contributed by atoms with Crippen molar-refractivity contribution < 1.29 is 5.11 Å². The quantitative estimate of drug-likeness (QED) is 0.693. The monoisotopic (exact) mass is 247 g/mol. The van der Waals surface area contributed by atoms with Crippen LogP contribution in [-0.4, -0.2) is 11.1 Å². The number of aliphatic hydroxyl groups is 1. The van der Waals surface area contributed by atoms with E-state index in [0.29, 0.717) is 5.02 Å². The van der Waals surface area contributed by atoms with Crippen molar-refractivity contribution in [3.05, 3.63) is 34.3 Å². The van der Waals surface area contributed by atoms with Crippen LogP contribution < -0.4 is 5.73 Å². The zero-order chi connectivity index (χ0) is 10.1. The first-order chi connectivity index (χ1) is 6.70. The summed E-state index contributed by atoms with van der Waals surface area (Å²) < 4.78 is 0. The van der Waals surface area contributed by atoms with E-state index in [9.17, 15) is 5.11 Å². The number of aliphatic hydroxyl groups excluding tert-OH is 1. The van der Waals surface area contributed by atoms with Gasteiger partial charge < -0.3 is 10.8 Å². The van der Waals surface area contributed by atoms with Crippen molar-refractivity contribution in [2.24, 2.45) is 5.73 Å². The van der Waals surface area contributed by atoms with Gasteiger partial charge in [0, 0.05) is 16.6 Å². The van der Waals surface area contributed by atoms with Gasteiger partial charge in [0.15, 0.2) is 0 Å². The van der Waals surface area contributed by atoms with Crippen LogP contribution in [0.25, 0.3) is 0 Å². The molecule has 1 aromatic carbocycles. The van der Waals surface area contributed by atoms with Gasteiger partial charge in [0.25, 0.3) is 0 Å². The minimum atomic E-state index is -0.610. The Morgan fingerprint density at radius 1 is 1.40 bits per heavy atom. The van der Waals surface area contributed by atoms with Crippen LogP contribution in [0.1, 0.15) is 30.1 Å². The summed E-state index contributed by atoms with van der Waals surface area (Å²) in [5, 5.41) is 10.6. The highest BCUT2D eigenvalue weighted by Crippen LogP contribution is 2.33. The van der Waals surface area contributed by atoms with Crippen molar-refractivity contribution in [1.29, 1.82) is 0 Å². The molecule has 84 valence electrons. The lowest BCUT2D eigenvalue weighted by Crippen LogP contribution is -2.27. The Hall–Kier alpha value is -0.280. The molecule has 1 aliphatic carbocycles. The largest absolute Gasteiger partial charge is 0.387 e. The number of aryl methyl sites for hydroxylation is 1. The zero-order valence-electron chi connectivity index (χ0n) is 8.32. The van der Waals surface area contributed by atoms with E-state index < -0.39 is 6.10 Å². The Morgan fingerprint density at radius 2 is 2.13 bits per heavy atom. The number of nitrogens with two attached hydrogens (primary N) is 1. The molecule has 4 heteroatoms. The highest BCUT2D eigenvalue weighted by molar-refractivity contribution is 6.31. The summed E-state index contributed by atoms with van der Waals surface area (Å²) in [5.41, 5.74) is 7.82. The lowest BCUT2D eigenvalue weighted by molar-refractivity contribution is 0.144. The maximum absolute atomic E-state index is 9.98. The van der Waals surface area contributed by atoms with E-state index in [1.807, 2.05) is 18.2 Å². The summed E-state index contributed by atoms with van der Waals surface area (Å²) in [4.78, 5) is 0. The SMILES string of the molecule is Cl.NC1CCCc2cccc(Cl)c2C1O. The molecule has 0 aromatic heterocycles. The van der Waals surface area contributed by atoms with E-state index in [1.54, 1.807) is 0 Å². The summed E-state index contributed by atoms with van der Waals surface area (Å²) in [6.07, 6.45) is 2.22. The Labute approximate surface area is 101 Å². The molecule has 1 aromatic rings. The molecule has 0 fully saturated rings. The van der Waals surface area contributed by atoms with Crippen LogP contribution in [0.2, 0.25) is 5.02 Å². The third-order valence-electron chi connectivity index (χ3n) is 2.83. The van der Waals surface area contributed by atoms with E-state index in [0.717, 1.165) is 30.4 Å². The fourth-order valence-electron chi connectivity index (χ4n) is 2.03. The van der Waals surface area contributed by atoms with Crippen LogP contribution in [-0.2, 0) is 6.42 Å². The second-order valence-electron chi connectivity index (χ2n) is 3.81. The second kappa shape index (κ2) is 5.17. The van der Waals surface area contributed by atoms with Crippen molar-refractivity contribution in [2.45, 2.75) is 31.4 Å². The lowest BCUT2D eigenvalue weighted by atomic mass is 9.99. The van der Waals surface area contributed by atoms with Gasteiger partial charge in [0.1, 0.15) is 0 Å². The van der Waals surface area contributed by atoms with Crippen molar-refractivity contribution in [3.8, 4) is 0 Å². The molecule has 0 amide bonds. The van der Waals surface area contributed by atoms with E-state index in [4.69, 9.17) is 17.3 Å². The molecule has 0 heterocycles. The topological polar surface area (TPSA) is 46.2 Å². The molecule has 0 aliphatic heterocycles. The summed E-state index contributed by atoms with van der Waals surface area (Å²) in [5.74, 6) is 0. The van der Waals surface area contributed by atoms with Crippen molar-refractivity contribution in [2.75, 3.05) is 0 Å². The van der Waals surface area contributed by atoms with Crippen molar-refractivity contribution in [3.63, 3.8) is 0 Å². The van der Waals surface area contributed by atoms with Gasteiger partial charge in [0.05, 0.1) is 6.10 Å². The maximum atomic E-state index is 9.98. The predicted octanol–water partition coefficient (Wildman–Crippen LogP) is 2.46. The fraction of sp³-hybridized carbons (Fsp3) is 0.455. The molecular formula is C11H15Cl2NO. The maximum Gasteiger partial charge on any atom is 0.0957 e. The fourth-order valence-corrected chi connectivity index (χ4v) is 2.34. The third-order valence-corrected chi connectivity index (χ3v) is 3.16. The van der Waals surface area contributed by atoms with Crippen molar-refractivity contribution >= 4 is 24.0 Å². The Kier molecular flexibility index (Phi) is 4.41.